The molecule has 2 aromatic heterocycles. The Kier molecular flexibility index (Phi) is 17.1. The summed E-state index contributed by atoms with van der Waals surface area (Å²) in [6, 6.07) is 31.0. The number of hydrogen-bond donors (Lipinski definition) is 0. The molecule has 6 aromatic rings. The zero-order valence-electron chi connectivity index (χ0n) is 23.8. The summed E-state index contributed by atoms with van der Waals surface area (Å²) < 4.78 is 4.23. The largest absolute Gasteiger partial charge is 0.367 e. The molecule has 0 saturated heterocycles. The van der Waals surface area contributed by atoms with E-state index in [2.05, 4.69) is 27.7 Å². The summed E-state index contributed by atoms with van der Waals surface area (Å²) in [6.45, 7) is 12.4. The molecule has 0 radical (unpaired) electrons. The summed E-state index contributed by atoms with van der Waals surface area (Å²) >= 11 is 3.33. The fraction of sp³-hybridized carbons (Fsp3) is 0.200. The summed E-state index contributed by atoms with van der Waals surface area (Å²) in [7, 11) is 0. The molecule has 0 fully saturated rings. The fourth-order valence-electron chi connectivity index (χ4n) is 4.69. The first-order valence-electron chi connectivity index (χ1n) is 13.4. The molecular weight excluding hydrogens is 1070 g/mol. The van der Waals surface area contributed by atoms with Gasteiger partial charge >= 0.3 is 0 Å². The van der Waals surface area contributed by atoms with Crippen molar-refractivity contribution in [2.24, 2.45) is 5.41 Å². The van der Waals surface area contributed by atoms with Gasteiger partial charge in [0.15, 0.2) is 10.9 Å². The van der Waals surface area contributed by atoms with Crippen LogP contribution in [-0.2, 0) is 63.2 Å². The number of benzene rings is 4. The molecule has 0 aliphatic carbocycles. The van der Waals surface area contributed by atoms with Gasteiger partial charge in [0.2, 0.25) is 0 Å². The molecule has 0 amide bonds. The van der Waals surface area contributed by atoms with Gasteiger partial charge in [0.05, 0.1) is 0 Å². The summed E-state index contributed by atoms with van der Waals surface area (Å²) in [5.74, 6) is 0. The standard InChI is InChI=1S/2C13H8OS.C9H18.3W/c2*14-13-9-5-1-3-7-11(9)15-12-8-4-2-6-10(12)13;1-5-7-9(3,4)8-6-2;;;/h2*1-8H;3-8H2,1-2H3;;;/q;;-2;;;. The van der Waals surface area contributed by atoms with Crippen LogP contribution in [0.3, 0.4) is 0 Å². The Hall–Kier alpha value is -1.28. The third kappa shape index (κ3) is 9.87. The van der Waals surface area contributed by atoms with E-state index in [1.165, 1.54) is 12.8 Å². The molecule has 0 saturated carbocycles. The van der Waals surface area contributed by atoms with E-state index < -0.39 is 0 Å². The quantitative estimate of drug-likeness (QED) is 0.130. The first kappa shape index (κ1) is 38.7. The minimum absolute atomic E-state index is 0. The molecular formula is C35H34O2S2W3-2. The Balaban J connectivity index is 0.000000315. The Morgan fingerprint density at radius 2 is 0.738 bits per heavy atom. The van der Waals surface area contributed by atoms with Crippen molar-refractivity contribution in [1.29, 1.82) is 0 Å². The van der Waals surface area contributed by atoms with E-state index in [1.54, 1.807) is 22.7 Å². The molecule has 2 heterocycles. The molecule has 218 valence electrons. The van der Waals surface area contributed by atoms with Gasteiger partial charge in [0, 0.05) is 104 Å². The van der Waals surface area contributed by atoms with Crippen LogP contribution < -0.4 is 10.9 Å². The second kappa shape index (κ2) is 18.5. The Labute approximate surface area is 299 Å². The summed E-state index contributed by atoms with van der Waals surface area (Å²) in [4.78, 5) is 24.2. The minimum Gasteiger partial charge on any atom is -0.367 e. The predicted molar refractivity (Wildman–Crippen MR) is 174 cm³/mol. The topological polar surface area (TPSA) is 34.1 Å². The number of fused-ring (bicyclic) bond motifs is 4. The van der Waals surface area contributed by atoms with Crippen molar-refractivity contribution in [3.63, 3.8) is 0 Å². The molecule has 0 bridgehead atoms. The van der Waals surface area contributed by atoms with E-state index in [1.807, 2.05) is 97.1 Å². The van der Waals surface area contributed by atoms with Crippen LogP contribution in [0.15, 0.2) is 107 Å². The van der Waals surface area contributed by atoms with Gasteiger partial charge in [-0.2, -0.15) is 0 Å². The molecule has 2 nitrogen and oxygen atoms in total. The van der Waals surface area contributed by atoms with Crippen molar-refractivity contribution < 1.29 is 63.2 Å². The van der Waals surface area contributed by atoms with Crippen molar-refractivity contribution in [3.8, 4) is 0 Å². The molecule has 0 atom stereocenters. The maximum Gasteiger partial charge on any atom is 0.195 e. The zero-order valence-corrected chi connectivity index (χ0v) is 34.3. The monoisotopic (exact) mass is 1100 g/mol. The second-order valence-corrected chi connectivity index (χ2v) is 12.0. The minimum atomic E-state index is 0. The van der Waals surface area contributed by atoms with Crippen molar-refractivity contribution in [2.75, 3.05) is 0 Å². The van der Waals surface area contributed by atoms with Crippen molar-refractivity contribution in [3.05, 3.63) is 131 Å². The zero-order chi connectivity index (χ0) is 27.8. The summed E-state index contributed by atoms with van der Waals surface area (Å²) in [5, 5.41) is 3.28. The average molecular weight is 1100 g/mol. The van der Waals surface area contributed by atoms with Gasteiger partial charge in [-0.15, -0.1) is 35.5 Å². The van der Waals surface area contributed by atoms with Crippen LogP contribution >= 0.6 is 22.7 Å². The SMILES string of the molecule is O=c1c2ccccc2sc2ccccc12.O=c1c2ccccc2sc2ccccc12.[CH2-]C([CH2-])(CCC)CCC.[W].[W].[W]. The van der Waals surface area contributed by atoms with Crippen molar-refractivity contribution >= 4 is 63.0 Å². The normalized spacial score (nSPS) is 10.4. The van der Waals surface area contributed by atoms with E-state index in [0.29, 0.717) is 0 Å². The average Bonchev–Trinajstić information content (AvgIpc) is 2.94. The molecule has 0 unspecified atom stereocenters. The van der Waals surface area contributed by atoms with Gasteiger partial charge < -0.3 is 13.8 Å². The van der Waals surface area contributed by atoms with Crippen molar-refractivity contribution in [1.82, 2.24) is 0 Å². The summed E-state index contributed by atoms with van der Waals surface area (Å²) in [6.07, 6.45) is 4.71. The van der Waals surface area contributed by atoms with E-state index in [9.17, 15) is 9.59 Å². The third-order valence-corrected chi connectivity index (χ3v) is 8.83. The molecule has 0 aliphatic heterocycles. The Morgan fingerprint density at radius 1 is 0.500 bits per heavy atom. The van der Waals surface area contributed by atoms with Crippen LogP contribution in [0.2, 0.25) is 0 Å². The van der Waals surface area contributed by atoms with Crippen LogP contribution in [0.4, 0.5) is 0 Å². The van der Waals surface area contributed by atoms with E-state index in [0.717, 1.165) is 53.2 Å². The van der Waals surface area contributed by atoms with Crippen LogP contribution in [0.1, 0.15) is 39.5 Å². The molecule has 0 spiro atoms. The smallest absolute Gasteiger partial charge is 0.195 e. The van der Waals surface area contributed by atoms with Gasteiger partial charge in [-0.3, -0.25) is 15.0 Å². The maximum atomic E-state index is 12.1. The predicted octanol–water partition coefficient (Wildman–Crippen LogP) is 10.1. The molecule has 0 N–H and O–H groups in total. The van der Waals surface area contributed by atoms with Crippen molar-refractivity contribution in [2.45, 2.75) is 39.5 Å². The summed E-state index contributed by atoms with van der Waals surface area (Å²) in [5.41, 5.74) is 0.378. The molecule has 0 aliphatic rings. The molecule has 7 heteroatoms. The van der Waals surface area contributed by atoms with Crippen LogP contribution in [0.5, 0.6) is 0 Å². The van der Waals surface area contributed by atoms with Crippen LogP contribution in [0, 0.1) is 19.3 Å². The van der Waals surface area contributed by atoms with Gasteiger partial charge in [0.1, 0.15) is 0 Å². The van der Waals surface area contributed by atoms with Gasteiger partial charge in [0.25, 0.3) is 0 Å². The van der Waals surface area contributed by atoms with E-state index in [4.69, 9.17) is 0 Å². The number of hydrogen-bond acceptors (Lipinski definition) is 4. The first-order chi connectivity index (χ1) is 18.8. The Morgan fingerprint density at radius 3 is 0.976 bits per heavy atom. The third-order valence-electron chi connectivity index (χ3n) is 6.53. The Bertz CT molecular complexity index is 1580. The number of rotatable bonds is 4. The van der Waals surface area contributed by atoms with Gasteiger partial charge in [-0.05, 0) is 48.5 Å². The molecule has 4 aromatic carbocycles. The van der Waals surface area contributed by atoms with Gasteiger partial charge in [-0.25, -0.2) is 0 Å². The maximum absolute atomic E-state index is 12.1. The van der Waals surface area contributed by atoms with E-state index >= 15 is 0 Å². The fourth-order valence-corrected chi connectivity index (χ4v) is 6.83. The van der Waals surface area contributed by atoms with Crippen LogP contribution in [-0.4, -0.2) is 0 Å². The molecule has 6 rings (SSSR count). The molecule has 42 heavy (non-hydrogen) atoms. The van der Waals surface area contributed by atoms with Gasteiger partial charge in [-0.1, -0.05) is 75.2 Å². The second-order valence-electron chi connectivity index (χ2n) is 9.85. The van der Waals surface area contributed by atoms with Crippen LogP contribution in [0.25, 0.3) is 40.3 Å². The first-order valence-corrected chi connectivity index (χ1v) is 15.0. The van der Waals surface area contributed by atoms with E-state index in [-0.39, 0.29) is 79.5 Å².